The van der Waals surface area contributed by atoms with Crippen molar-refractivity contribution in [3.05, 3.63) is 42.3 Å². The Morgan fingerprint density at radius 2 is 2.18 bits per heavy atom. The van der Waals surface area contributed by atoms with Gasteiger partial charge in [-0.3, -0.25) is 4.68 Å². The van der Waals surface area contributed by atoms with Gasteiger partial charge in [0.1, 0.15) is 5.82 Å². The summed E-state index contributed by atoms with van der Waals surface area (Å²) in [7, 11) is 0. The number of nitrogens with zero attached hydrogens (tertiary/aromatic N) is 5. The third-order valence-electron chi connectivity index (χ3n) is 2.50. The van der Waals surface area contributed by atoms with Crippen LogP contribution in [0.4, 0.5) is 0 Å². The highest BCUT2D eigenvalue weighted by atomic mass is 32.1. The van der Waals surface area contributed by atoms with Crippen molar-refractivity contribution in [2.75, 3.05) is 0 Å². The molecule has 0 unspecified atom stereocenters. The van der Waals surface area contributed by atoms with Crippen LogP contribution in [0, 0.1) is 0 Å². The topological polar surface area (TPSA) is 48.5 Å². The Balaban J connectivity index is 1.78. The maximum atomic E-state index is 4.39. The first-order valence-corrected chi connectivity index (χ1v) is 6.20. The smallest absolute Gasteiger partial charge is 0.150 e. The molecule has 0 aromatic carbocycles. The first-order valence-electron chi connectivity index (χ1n) is 5.32. The second kappa shape index (κ2) is 4.50. The zero-order valence-corrected chi connectivity index (χ0v) is 9.92. The van der Waals surface area contributed by atoms with Crippen molar-refractivity contribution in [1.82, 2.24) is 24.5 Å². The molecule has 0 radical (unpaired) electrons. The maximum Gasteiger partial charge on any atom is 0.150 e. The molecule has 86 valence electrons. The van der Waals surface area contributed by atoms with Crippen molar-refractivity contribution in [2.45, 2.75) is 13.1 Å². The van der Waals surface area contributed by atoms with Gasteiger partial charge in [-0.25, -0.2) is 4.98 Å². The molecule has 3 rings (SSSR count). The van der Waals surface area contributed by atoms with Crippen LogP contribution in [-0.2, 0) is 13.1 Å². The molecule has 6 heteroatoms. The fraction of sp³-hybridized carbons (Fsp3) is 0.182. The van der Waals surface area contributed by atoms with E-state index in [9.17, 15) is 0 Å². The Hall–Kier alpha value is -1.95. The van der Waals surface area contributed by atoms with Crippen LogP contribution in [0.3, 0.4) is 0 Å². The van der Waals surface area contributed by atoms with Crippen molar-refractivity contribution in [3.8, 4) is 10.7 Å². The van der Waals surface area contributed by atoms with Crippen LogP contribution < -0.4 is 0 Å². The van der Waals surface area contributed by atoms with E-state index in [-0.39, 0.29) is 0 Å². The van der Waals surface area contributed by atoms with Crippen molar-refractivity contribution in [1.29, 1.82) is 0 Å². The molecule has 5 nitrogen and oxygen atoms in total. The zero-order valence-electron chi connectivity index (χ0n) is 9.10. The molecule has 3 aromatic heterocycles. The number of rotatable bonds is 4. The first-order chi connectivity index (χ1) is 8.43. The minimum absolute atomic E-state index is 0.800. The van der Waals surface area contributed by atoms with Crippen molar-refractivity contribution >= 4 is 11.3 Å². The molecular weight excluding hydrogens is 234 g/mol. The predicted octanol–water partition coefficient (Wildman–Crippen LogP) is 1.90. The van der Waals surface area contributed by atoms with E-state index in [2.05, 4.69) is 31.3 Å². The normalized spacial score (nSPS) is 10.8. The summed E-state index contributed by atoms with van der Waals surface area (Å²) in [6.45, 7) is 1.64. The number of aromatic nitrogens is 5. The third kappa shape index (κ3) is 2.12. The van der Waals surface area contributed by atoms with E-state index >= 15 is 0 Å². The van der Waals surface area contributed by atoms with Gasteiger partial charge in [0.25, 0.3) is 0 Å². The summed E-state index contributed by atoms with van der Waals surface area (Å²) in [5, 5.41) is 9.79. The number of imidazole rings is 1. The van der Waals surface area contributed by atoms with Crippen LogP contribution in [0.2, 0.25) is 0 Å². The van der Waals surface area contributed by atoms with Crippen LogP contribution in [0.25, 0.3) is 10.7 Å². The second-order valence-corrected chi connectivity index (χ2v) is 4.54. The van der Waals surface area contributed by atoms with Gasteiger partial charge in [-0.1, -0.05) is 11.3 Å². The van der Waals surface area contributed by atoms with E-state index in [0.29, 0.717) is 0 Å². The minimum atomic E-state index is 0.800. The standard InChI is InChI=1S/C11H11N5S/c1-2-10(17-9-1)11-12-3-5-15(11)7-8-16-6-4-13-14-16/h1-6,9H,7-8H2. The van der Waals surface area contributed by atoms with Crippen LogP contribution >= 0.6 is 11.3 Å². The summed E-state index contributed by atoms with van der Waals surface area (Å²) in [6.07, 6.45) is 7.37. The Labute approximate surface area is 102 Å². The number of hydrogen-bond donors (Lipinski definition) is 0. The molecule has 0 saturated carbocycles. The van der Waals surface area contributed by atoms with E-state index < -0.39 is 0 Å². The SMILES string of the molecule is c1csc(-c2nccn2CCn2ccnn2)c1. The summed E-state index contributed by atoms with van der Waals surface area (Å²) in [5.41, 5.74) is 0. The fourth-order valence-corrected chi connectivity index (χ4v) is 2.42. The van der Waals surface area contributed by atoms with Crippen LogP contribution in [-0.4, -0.2) is 24.5 Å². The molecule has 0 saturated heterocycles. The van der Waals surface area contributed by atoms with Crippen LogP contribution in [0.1, 0.15) is 0 Å². The molecule has 0 atom stereocenters. The monoisotopic (exact) mass is 245 g/mol. The summed E-state index contributed by atoms with van der Waals surface area (Å²) in [4.78, 5) is 5.58. The van der Waals surface area contributed by atoms with Gasteiger partial charge in [-0.05, 0) is 11.4 Å². The van der Waals surface area contributed by atoms with Crippen LogP contribution in [0.15, 0.2) is 42.3 Å². The molecule has 0 aliphatic carbocycles. The van der Waals surface area contributed by atoms with Gasteiger partial charge >= 0.3 is 0 Å². The Kier molecular flexibility index (Phi) is 2.71. The van der Waals surface area contributed by atoms with E-state index in [1.807, 2.05) is 29.3 Å². The van der Waals surface area contributed by atoms with Gasteiger partial charge in [-0.15, -0.1) is 16.4 Å². The zero-order chi connectivity index (χ0) is 11.5. The quantitative estimate of drug-likeness (QED) is 0.705. The van der Waals surface area contributed by atoms with Crippen molar-refractivity contribution in [2.24, 2.45) is 0 Å². The van der Waals surface area contributed by atoms with Gasteiger partial charge in [0, 0.05) is 25.1 Å². The molecular formula is C11H11N5S. The molecule has 0 amide bonds. The minimum Gasteiger partial charge on any atom is -0.328 e. The lowest BCUT2D eigenvalue weighted by molar-refractivity contribution is 0.522. The summed E-state index contributed by atoms with van der Waals surface area (Å²) >= 11 is 1.70. The molecule has 3 heterocycles. The lowest BCUT2D eigenvalue weighted by Gasteiger charge is -2.05. The maximum absolute atomic E-state index is 4.39. The molecule has 0 bridgehead atoms. The third-order valence-corrected chi connectivity index (χ3v) is 3.36. The lowest BCUT2D eigenvalue weighted by atomic mass is 10.4. The molecule has 17 heavy (non-hydrogen) atoms. The Morgan fingerprint density at radius 3 is 2.94 bits per heavy atom. The van der Waals surface area contributed by atoms with Gasteiger partial charge in [0.05, 0.1) is 17.6 Å². The average molecular weight is 245 g/mol. The molecule has 0 aliphatic heterocycles. The largest absolute Gasteiger partial charge is 0.328 e. The Morgan fingerprint density at radius 1 is 1.18 bits per heavy atom. The second-order valence-electron chi connectivity index (χ2n) is 3.59. The highest BCUT2D eigenvalue weighted by Gasteiger charge is 2.06. The van der Waals surface area contributed by atoms with Gasteiger partial charge in [0.15, 0.2) is 0 Å². The van der Waals surface area contributed by atoms with Crippen molar-refractivity contribution < 1.29 is 0 Å². The van der Waals surface area contributed by atoms with E-state index in [1.165, 1.54) is 4.88 Å². The number of thiophene rings is 1. The first kappa shape index (κ1) is 10.2. The van der Waals surface area contributed by atoms with Gasteiger partial charge in [-0.2, -0.15) is 0 Å². The number of hydrogen-bond acceptors (Lipinski definition) is 4. The average Bonchev–Trinajstić information content (AvgIpc) is 3.09. The fourth-order valence-electron chi connectivity index (χ4n) is 1.68. The van der Waals surface area contributed by atoms with E-state index in [1.54, 1.807) is 17.5 Å². The van der Waals surface area contributed by atoms with Crippen LogP contribution in [0.5, 0.6) is 0 Å². The summed E-state index contributed by atoms with van der Waals surface area (Å²) in [5.74, 6) is 1.01. The number of aryl methyl sites for hydroxylation is 2. The molecule has 0 spiro atoms. The highest BCUT2D eigenvalue weighted by molar-refractivity contribution is 7.13. The van der Waals surface area contributed by atoms with Gasteiger partial charge < -0.3 is 4.57 Å². The Bertz CT molecular complexity index is 567. The molecule has 0 N–H and O–H groups in total. The molecule has 0 fully saturated rings. The van der Waals surface area contributed by atoms with E-state index in [4.69, 9.17) is 0 Å². The summed E-state index contributed by atoms with van der Waals surface area (Å²) < 4.78 is 3.95. The molecule has 3 aromatic rings. The van der Waals surface area contributed by atoms with Gasteiger partial charge in [0.2, 0.25) is 0 Å². The molecule has 0 aliphatic rings. The van der Waals surface area contributed by atoms with E-state index in [0.717, 1.165) is 18.9 Å². The predicted molar refractivity (Wildman–Crippen MR) is 65.6 cm³/mol. The van der Waals surface area contributed by atoms with Crippen molar-refractivity contribution in [3.63, 3.8) is 0 Å². The lowest BCUT2D eigenvalue weighted by Crippen LogP contribution is -2.08. The summed E-state index contributed by atoms with van der Waals surface area (Å²) in [6, 6.07) is 4.12. The highest BCUT2D eigenvalue weighted by Crippen LogP contribution is 2.22.